The number of fused-ring (bicyclic) bond motifs is 1. The number of rotatable bonds is 4. The molecule has 1 unspecified atom stereocenters. The third-order valence-electron chi connectivity index (χ3n) is 7.68. The summed E-state index contributed by atoms with van der Waals surface area (Å²) < 4.78 is 3.86. The molecule has 0 radical (unpaired) electrons. The van der Waals surface area contributed by atoms with Gasteiger partial charge in [-0.2, -0.15) is 0 Å². The van der Waals surface area contributed by atoms with Crippen LogP contribution in [0, 0.1) is 11.8 Å². The Bertz CT molecular complexity index is 950. The Morgan fingerprint density at radius 1 is 1.00 bits per heavy atom. The summed E-state index contributed by atoms with van der Waals surface area (Å²) in [6, 6.07) is 4.00. The quantitative estimate of drug-likeness (QED) is 0.761. The number of amides is 1. The van der Waals surface area contributed by atoms with Crippen LogP contribution in [-0.2, 0) is 11.3 Å². The van der Waals surface area contributed by atoms with Crippen molar-refractivity contribution < 1.29 is 4.79 Å². The standard InChI is InChI=1S/C24H34N4O2/c29-23(19-10-5-2-6-11-19)26-15-13-20(17-26)28-22-21(12-7-14-25-22)27(24(28)30)16-18-8-3-1-4-9-18/h7,12,14,18-20H,1-6,8-11,13,15-17H2. The second-order valence-corrected chi connectivity index (χ2v) is 9.68. The fraction of sp³-hybridized carbons (Fsp3) is 0.708. The van der Waals surface area contributed by atoms with E-state index >= 15 is 0 Å². The first-order valence-corrected chi connectivity index (χ1v) is 12.1. The molecule has 0 aromatic carbocycles. The van der Waals surface area contributed by atoms with Crippen molar-refractivity contribution in [2.24, 2.45) is 11.8 Å². The number of hydrogen-bond acceptors (Lipinski definition) is 3. The first-order valence-electron chi connectivity index (χ1n) is 12.1. The summed E-state index contributed by atoms with van der Waals surface area (Å²) in [7, 11) is 0. The van der Waals surface area contributed by atoms with Crippen LogP contribution in [0.2, 0.25) is 0 Å². The maximum Gasteiger partial charge on any atom is 0.330 e. The van der Waals surface area contributed by atoms with Gasteiger partial charge < -0.3 is 4.90 Å². The van der Waals surface area contributed by atoms with E-state index in [0.717, 1.165) is 43.5 Å². The molecule has 5 rings (SSSR count). The highest BCUT2D eigenvalue weighted by molar-refractivity contribution is 5.79. The second-order valence-electron chi connectivity index (χ2n) is 9.68. The van der Waals surface area contributed by atoms with Crippen molar-refractivity contribution in [3.63, 3.8) is 0 Å². The average Bonchev–Trinajstić information content (AvgIpc) is 3.38. The summed E-state index contributed by atoms with van der Waals surface area (Å²) in [6.07, 6.45) is 14.6. The molecule has 1 saturated heterocycles. The number of nitrogens with zero attached hydrogens (tertiary/aromatic N) is 4. The van der Waals surface area contributed by atoms with Crippen molar-refractivity contribution in [1.82, 2.24) is 19.0 Å². The molecule has 1 aliphatic heterocycles. The lowest BCUT2D eigenvalue weighted by molar-refractivity contribution is -0.135. The smallest absolute Gasteiger partial charge is 0.330 e. The van der Waals surface area contributed by atoms with E-state index < -0.39 is 0 Å². The molecular weight excluding hydrogens is 376 g/mol. The van der Waals surface area contributed by atoms with Gasteiger partial charge in [-0.25, -0.2) is 9.78 Å². The Labute approximate surface area is 178 Å². The van der Waals surface area contributed by atoms with Gasteiger partial charge in [-0.05, 0) is 50.2 Å². The SMILES string of the molecule is O=C(C1CCCCC1)N1CCC(n2c(=O)n(CC3CCCCC3)c3cccnc32)C1. The summed E-state index contributed by atoms with van der Waals surface area (Å²) in [6.45, 7) is 2.20. The normalized spacial score (nSPS) is 24.0. The maximum absolute atomic E-state index is 13.5. The number of hydrogen-bond donors (Lipinski definition) is 0. The fourth-order valence-corrected chi connectivity index (χ4v) is 6.00. The summed E-state index contributed by atoms with van der Waals surface area (Å²) >= 11 is 0. The predicted molar refractivity (Wildman–Crippen MR) is 117 cm³/mol. The molecule has 3 aliphatic rings. The molecule has 2 aromatic rings. The first-order chi connectivity index (χ1) is 14.7. The highest BCUT2D eigenvalue weighted by Gasteiger charge is 2.34. The molecule has 2 aliphatic carbocycles. The van der Waals surface area contributed by atoms with Gasteiger partial charge in [0, 0.05) is 31.7 Å². The maximum atomic E-state index is 13.5. The largest absolute Gasteiger partial charge is 0.340 e. The molecule has 1 amide bonds. The van der Waals surface area contributed by atoms with Crippen LogP contribution in [0.25, 0.3) is 11.2 Å². The van der Waals surface area contributed by atoms with E-state index in [2.05, 4.69) is 4.98 Å². The van der Waals surface area contributed by atoms with Crippen LogP contribution in [0.5, 0.6) is 0 Å². The fourth-order valence-electron chi connectivity index (χ4n) is 6.00. The van der Waals surface area contributed by atoms with Gasteiger partial charge in [0.2, 0.25) is 5.91 Å². The molecule has 3 fully saturated rings. The molecule has 6 heteroatoms. The van der Waals surface area contributed by atoms with Crippen LogP contribution >= 0.6 is 0 Å². The topological polar surface area (TPSA) is 60.1 Å². The minimum absolute atomic E-state index is 0.0371. The van der Waals surface area contributed by atoms with E-state index in [-0.39, 0.29) is 17.6 Å². The predicted octanol–water partition coefficient (Wildman–Crippen LogP) is 4.13. The van der Waals surface area contributed by atoms with E-state index in [4.69, 9.17) is 0 Å². The monoisotopic (exact) mass is 410 g/mol. The number of carbonyl (C=O) groups excluding carboxylic acids is 1. The van der Waals surface area contributed by atoms with Gasteiger partial charge in [0.25, 0.3) is 0 Å². The molecule has 2 aromatic heterocycles. The Morgan fingerprint density at radius 2 is 1.73 bits per heavy atom. The van der Waals surface area contributed by atoms with E-state index in [1.807, 2.05) is 26.2 Å². The number of imidazole rings is 1. The van der Waals surface area contributed by atoms with Crippen LogP contribution < -0.4 is 5.69 Å². The molecular formula is C24H34N4O2. The van der Waals surface area contributed by atoms with Crippen molar-refractivity contribution in [3.8, 4) is 0 Å². The number of likely N-dealkylation sites (tertiary alicyclic amines) is 1. The van der Waals surface area contributed by atoms with Gasteiger partial charge in [-0.3, -0.25) is 13.9 Å². The number of aromatic nitrogens is 3. The molecule has 0 spiro atoms. The summed E-state index contributed by atoms with van der Waals surface area (Å²) in [5.74, 6) is 1.09. The van der Waals surface area contributed by atoms with E-state index in [1.165, 1.54) is 51.4 Å². The van der Waals surface area contributed by atoms with Gasteiger partial charge >= 0.3 is 5.69 Å². The molecule has 3 heterocycles. The van der Waals surface area contributed by atoms with Gasteiger partial charge in [0.15, 0.2) is 5.65 Å². The van der Waals surface area contributed by atoms with Crippen molar-refractivity contribution in [1.29, 1.82) is 0 Å². The van der Waals surface area contributed by atoms with Gasteiger partial charge in [-0.1, -0.05) is 38.5 Å². The zero-order valence-electron chi connectivity index (χ0n) is 18.0. The number of carbonyl (C=O) groups is 1. The summed E-state index contributed by atoms with van der Waals surface area (Å²) in [4.78, 5) is 33.1. The molecule has 2 saturated carbocycles. The van der Waals surface area contributed by atoms with Crippen molar-refractivity contribution >= 4 is 17.1 Å². The van der Waals surface area contributed by atoms with Gasteiger partial charge in [0.05, 0.1) is 11.6 Å². The van der Waals surface area contributed by atoms with E-state index in [0.29, 0.717) is 18.4 Å². The Balaban J connectivity index is 1.40. The minimum Gasteiger partial charge on any atom is -0.340 e. The highest BCUT2D eigenvalue weighted by atomic mass is 16.2. The lowest BCUT2D eigenvalue weighted by Crippen LogP contribution is -2.36. The van der Waals surface area contributed by atoms with Crippen molar-refractivity contribution in [2.45, 2.75) is 83.2 Å². The summed E-state index contributed by atoms with van der Waals surface area (Å²) in [5.41, 5.74) is 1.80. The zero-order chi connectivity index (χ0) is 20.5. The Hall–Kier alpha value is -2.11. The molecule has 1 atom stereocenters. The van der Waals surface area contributed by atoms with Gasteiger partial charge in [-0.15, -0.1) is 0 Å². The van der Waals surface area contributed by atoms with Crippen LogP contribution in [-0.4, -0.2) is 38.0 Å². The second kappa shape index (κ2) is 8.56. The summed E-state index contributed by atoms with van der Waals surface area (Å²) in [5, 5.41) is 0. The average molecular weight is 411 g/mol. The molecule has 0 bridgehead atoms. The Kier molecular flexibility index (Phi) is 5.66. The highest BCUT2D eigenvalue weighted by Crippen LogP contribution is 2.31. The van der Waals surface area contributed by atoms with Crippen LogP contribution in [0.1, 0.15) is 76.7 Å². The number of pyridine rings is 1. The molecule has 30 heavy (non-hydrogen) atoms. The van der Waals surface area contributed by atoms with Crippen LogP contribution in [0.15, 0.2) is 23.1 Å². The van der Waals surface area contributed by atoms with E-state index in [9.17, 15) is 9.59 Å². The zero-order valence-corrected chi connectivity index (χ0v) is 18.0. The lowest BCUT2D eigenvalue weighted by Gasteiger charge is -2.26. The molecule has 162 valence electrons. The van der Waals surface area contributed by atoms with Crippen LogP contribution in [0.3, 0.4) is 0 Å². The van der Waals surface area contributed by atoms with Crippen molar-refractivity contribution in [3.05, 3.63) is 28.8 Å². The van der Waals surface area contributed by atoms with Gasteiger partial charge in [0.1, 0.15) is 0 Å². The molecule has 0 N–H and O–H groups in total. The van der Waals surface area contributed by atoms with Crippen LogP contribution in [0.4, 0.5) is 0 Å². The Morgan fingerprint density at radius 3 is 2.50 bits per heavy atom. The first kappa shape index (κ1) is 19.8. The molecule has 6 nitrogen and oxygen atoms in total. The third kappa shape index (κ3) is 3.69. The van der Waals surface area contributed by atoms with Crippen molar-refractivity contribution in [2.75, 3.05) is 13.1 Å². The third-order valence-corrected chi connectivity index (χ3v) is 7.68. The van der Waals surface area contributed by atoms with E-state index in [1.54, 1.807) is 6.20 Å². The lowest BCUT2D eigenvalue weighted by atomic mass is 9.88. The minimum atomic E-state index is 0.0371.